The molecule has 320 valence electrons. The van der Waals surface area contributed by atoms with Crippen LogP contribution >= 0.6 is 69.9 Å². The lowest BCUT2D eigenvalue weighted by atomic mass is 9.80. The third kappa shape index (κ3) is 11.8. The van der Waals surface area contributed by atoms with Gasteiger partial charge in [0.1, 0.15) is 5.88 Å². The summed E-state index contributed by atoms with van der Waals surface area (Å²) in [7, 11) is -4.92. The van der Waals surface area contributed by atoms with Gasteiger partial charge in [0, 0.05) is 31.2 Å². The smallest absolute Gasteiger partial charge is 0.423 e. The fourth-order valence-corrected chi connectivity index (χ4v) is 10.8. The first-order valence-corrected chi connectivity index (χ1v) is 24.8. The maximum Gasteiger partial charge on any atom is 0.488 e. The van der Waals surface area contributed by atoms with Crippen LogP contribution < -0.4 is 5.46 Å². The number of rotatable bonds is 7. The number of hydrogen-bond donors (Lipinski definition) is 2. The SMILES string of the molecule is CC(=NCS(=O)(=O)c1ccc(C)cc1)c1ccc2c(c1)Cc1ccccc1S2.CC(c1ccc(Cl)c(Cl)c1)c1ccc2c(c1)Cc1ccccc1S2.OB(O)c1ccc(Cl)c(Cl)c1. The van der Waals surface area contributed by atoms with Gasteiger partial charge in [0.05, 0.1) is 25.0 Å². The van der Waals surface area contributed by atoms with Gasteiger partial charge in [-0.05, 0) is 138 Å². The second kappa shape index (κ2) is 20.9. The second-order valence-corrected chi connectivity index (χ2v) is 21.0. The number of aryl methyl sites for hydroxylation is 1. The maximum absolute atomic E-state index is 12.5. The molecule has 0 bridgehead atoms. The fraction of sp³-hybridized carbons (Fsp3) is 0.140. The zero-order valence-corrected chi connectivity index (χ0v) is 40.0. The molecule has 2 heterocycles. The molecule has 7 aromatic rings. The molecular weight excluding hydrogens is 927 g/mol. The van der Waals surface area contributed by atoms with E-state index < -0.39 is 17.0 Å². The highest BCUT2D eigenvalue weighted by molar-refractivity contribution is 7.99. The van der Waals surface area contributed by atoms with Crippen LogP contribution in [0.4, 0.5) is 0 Å². The van der Waals surface area contributed by atoms with E-state index in [0.717, 1.165) is 29.7 Å². The summed E-state index contributed by atoms with van der Waals surface area (Å²) in [6.45, 7) is 6.02. The second-order valence-electron chi connectivity index (χ2n) is 15.2. The van der Waals surface area contributed by atoms with E-state index in [4.69, 9.17) is 56.5 Å². The molecule has 0 aliphatic carbocycles. The lowest BCUT2D eigenvalue weighted by Gasteiger charge is -2.21. The van der Waals surface area contributed by atoms with Gasteiger partial charge in [-0.25, -0.2) is 8.42 Å². The Morgan fingerprint density at radius 1 is 0.619 bits per heavy atom. The first kappa shape index (κ1) is 47.0. The Morgan fingerprint density at radius 3 is 1.71 bits per heavy atom. The summed E-state index contributed by atoms with van der Waals surface area (Å²) in [5, 5.41) is 19.3. The largest absolute Gasteiger partial charge is 0.488 e. The van der Waals surface area contributed by atoms with Gasteiger partial charge in [-0.1, -0.05) is 161 Å². The van der Waals surface area contributed by atoms with E-state index >= 15 is 0 Å². The summed E-state index contributed by atoms with van der Waals surface area (Å²) in [5.41, 5.74) is 11.0. The van der Waals surface area contributed by atoms with Crippen molar-refractivity contribution < 1.29 is 18.5 Å². The summed E-state index contributed by atoms with van der Waals surface area (Å²) in [5.74, 6) is 0.0450. The average Bonchev–Trinajstić information content (AvgIpc) is 3.28. The van der Waals surface area contributed by atoms with Gasteiger partial charge >= 0.3 is 7.12 Å². The Labute approximate surface area is 398 Å². The molecular formula is C50H42BCl4NO4S3. The van der Waals surface area contributed by atoms with Gasteiger partial charge in [-0.15, -0.1) is 0 Å². The quantitative estimate of drug-likeness (QED) is 0.122. The summed E-state index contributed by atoms with van der Waals surface area (Å²) in [6, 6.07) is 47.4. The minimum atomic E-state index is -3.43. The van der Waals surface area contributed by atoms with E-state index in [1.54, 1.807) is 23.9 Å². The Morgan fingerprint density at radius 2 is 1.13 bits per heavy atom. The molecule has 5 nitrogen and oxygen atoms in total. The molecule has 0 fully saturated rings. The van der Waals surface area contributed by atoms with Crippen molar-refractivity contribution in [3.63, 3.8) is 0 Å². The highest BCUT2D eigenvalue weighted by Crippen LogP contribution is 2.42. The first-order chi connectivity index (χ1) is 30.1. The van der Waals surface area contributed by atoms with Crippen molar-refractivity contribution >= 4 is 98.1 Å². The van der Waals surface area contributed by atoms with Crippen molar-refractivity contribution in [2.75, 3.05) is 5.88 Å². The van der Waals surface area contributed by atoms with Crippen LogP contribution in [0.15, 0.2) is 175 Å². The highest BCUT2D eigenvalue weighted by atomic mass is 35.5. The number of benzene rings is 7. The maximum atomic E-state index is 12.5. The Kier molecular flexibility index (Phi) is 15.6. The summed E-state index contributed by atoms with van der Waals surface area (Å²) < 4.78 is 25.1. The van der Waals surface area contributed by atoms with E-state index in [1.807, 2.05) is 55.9 Å². The van der Waals surface area contributed by atoms with E-state index in [-0.39, 0.29) is 11.8 Å². The zero-order chi connectivity index (χ0) is 44.8. The standard InChI is InChI=1S/C23H21NO2S2.C21H16Cl2S.C6H5BCl2O2/c1-16-7-10-21(11-8-16)28(25,26)15-24-17(2)18-9-12-23-20(13-18)14-19-5-3-4-6-22(19)27-23;1-13(15-6-8-18(22)19(23)12-15)14-7-9-21-17(10-14)11-16-4-2-3-5-20(16)24-21;8-5-2-1-4(7(10)11)3-6(5)9/h3-13H,14-15H2,1-2H3;2-10,12-13H,11H2,1H3;1-3,10-11H. The Balaban J connectivity index is 0.000000154. The topological polar surface area (TPSA) is 87.0 Å². The van der Waals surface area contributed by atoms with Crippen molar-refractivity contribution in [3.8, 4) is 0 Å². The van der Waals surface area contributed by atoms with Crippen molar-refractivity contribution in [1.82, 2.24) is 0 Å². The number of fused-ring (bicyclic) bond motifs is 4. The van der Waals surface area contributed by atoms with Crippen molar-refractivity contribution in [1.29, 1.82) is 0 Å². The van der Waals surface area contributed by atoms with Gasteiger partial charge in [0.25, 0.3) is 0 Å². The molecule has 0 radical (unpaired) electrons. The van der Waals surface area contributed by atoms with Gasteiger partial charge in [-0.3, -0.25) is 4.99 Å². The molecule has 0 amide bonds. The van der Waals surface area contributed by atoms with Gasteiger partial charge in [-0.2, -0.15) is 0 Å². The molecule has 0 spiro atoms. The van der Waals surface area contributed by atoms with Crippen molar-refractivity contribution in [3.05, 3.63) is 210 Å². The third-order valence-corrected chi connectivity index (χ3v) is 16.2. The third-order valence-electron chi connectivity index (χ3n) is 10.7. The van der Waals surface area contributed by atoms with Crippen LogP contribution in [0.1, 0.15) is 64.3 Å². The van der Waals surface area contributed by atoms with Crippen LogP contribution in [0.25, 0.3) is 0 Å². The molecule has 0 saturated carbocycles. The van der Waals surface area contributed by atoms with Crippen LogP contribution in [0, 0.1) is 6.92 Å². The normalized spacial score (nSPS) is 13.1. The predicted octanol–water partition coefficient (Wildman–Crippen LogP) is 13.2. The number of sulfone groups is 1. The van der Waals surface area contributed by atoms with E-state index in [2.05, 4.69) is 96.8 Å². The van der Waals surface area contributed by atoms with E-state index in [1.165, 1.54) is 71.2 Å². The fourth-order valence-electron chi connectivity index (χ4n) is 7.04. The lowest BCUT2D eigenvalue weighted by Crippen LogP contribution is -2.29. The van der Waals surface area contributed by atoms with Crippen LogP contribution in [0.3, 0.4) is 0 Å². The monoisotopic (exact) mass is 967 g/mol. The van der Waals surface area contributed by atoms with Crippen LogP contribution in [-0.2, 0) is 22.7 Å². The minimum absolute atomic E-state index is 0.240. The Hall–Kier alpha value is -4.00. The molecule has 1 unspecified atom stereocenters. The summed E-state index contributed by atoms with van der Waals surface area (Å²) in [4.78, 5) is 9.98. The molecule has 2 aliphatic heterocycles. The van der Waals surface area contributed by atoms with Gasteiger partial charge in [0.2, 0.25) is 0 Å². The number of aliphatic imine (C=N–C) groups is 1. The summed E-state index contributed by atoms with van der Waals surface area (Å²) in [6.07, 6.45) is 1.89. The summed E-state index contributed by atoms with van der Waals surface area (Å²) >= 11 is 27.1. The molecule has 9 rings (SSSR count). The lowest BCUT2D eigenvalue weighted by molar-refractivity contribution is 0.426. The molecule has 2 N–H and O–H groups in total. The molecule has 0 aromatic heterocycles. The molecule has 0 saturated heterocycles. The molecule has 63 heavy (non-hydrogen) atoms. The van der Waals surface area contributed by atoms with Crippen molar-refractivity contribution in [2.24, 2.45) is 4.99 Å². The van der Waals surface area contributed by atoms with Crippen LogP contribution in [0.5, 0.6) is 0 Å². The molecule has 2 aliphatic rings. The number of halogens is 4. The van der Waals surface area contributed by atoms with Gasteiger partial charge < -0.3 is 10.0 Å². The van der Waals surface area contributed by atoms with Gasteiger partial charge in [0.15, 0.2) is 9.84 Å². The minimum Gasteiger partial charge on any atom is -0.423 e. The zero-order valence-electron chi connectivity index (χ0n) is 34.5. The molecule has 7 aromatic carbocycles. The van der Waals surface area contributed by atoms with Crippen molar-refractivity contribution in [2.45, 2.75) is 64.0 Å². The van der Waals surface area contributed by atoms with Crippen LogP contribution in [0.2, 0.25) is 20.1 Å². The number of hydrogen-bond acceptors (Lipinski definition) is 7. The number of nitrogens with zero attached hydrogens (tertiary/aromatic N) is 1. The van der Waals surface area contributed by atoms with E-state index in [9.17, 15) is 8.42 Å². The van der Waals surface area contributed by atoms with E-state index in [0.29, 0.717) is 30.4 Å². The highest BCUT2D eigenvalue weighted by Gasteiger charge is 2.20. The predicted molar refractivity (Wildman–Crippen MR) is 265 cm³/mol. The average molecular weight is 970 g/mol. The Bertz CT molecular complexity index is 2930. The first-order valence-electron chi connectivity index (χ1n) is 20.0. The molecule has 1 atom stereocenters. The molecule has 13 heteroatoms. The van der Waals surface area contributed by atoms with Crippen LogP contribution in [-0.4, -0.2) is 37.2 Å².